The minimum atomic E-state index is -0.339. The molecule has 4 aliphatic rings. The molecule has 2 heterocycles. The maximum atomic E-state index is 13.8. The van der Waals surface area contributed by atoms with E-state index in [1.54, 1.807) is 9.80 Å². The number of urea groups is 1. The van der Waals surface area contributed by atoms with Crippen molar-refractivity contribution in [3.63, 3.8) is 0 Å². The van der Waals surface area contributed by atoms with Gasteiger partial charge in [0, 0.05) is 31.7 Å². The molecule has 0 aromatic heterocycles. The van der Waals surface area contributed by atoms with Crippen molar-refractivity contribution in [2.75, 3.05) is 60.0 Å². The minimum absolute atomic E-state index is 0.0271. The van der Waals surface area contributed by atoms with Crippen molar-refractivity contribution in [2.24, 2.45) is 5.92 Å². The number of morpholine rings is 1. The number of hydrogen-bond donors (Lipinski definition) is 1. The van der Waals surface area contributed by atoms with Gasteiger partial charge >= 0.3 is 6.03 Å². The van der Waals surface area contributed by atoms with Gasteiger partial charge in [-0.2, -0.15) is 0 Å². The van der Waals surface area contributed by atoms with Crippen molar-refractivity contribution >= 4 is 11.9 Å². The van der Waals surface area contributed by atoms with Crippen molar-refractivity contribution in [1.82, 2.24) is 19.6 Å². The highest BCUT2D eigenvalue weighted by Crippen LogP contribution is 2.49. The second kappa shape index (κ2) is 10.3. The molecule has 0 bridgehead atoms. The van der Waals surface area contributed by atoms with Crippen molar-refractivity contribution in [3.05, 3.63) is 35.9 Å². The normalized spacial score (nSPS) is 31.4. The highest BCUT2D eigenvalue weighted by molar-refractivity contribution is 5.86. The lowest BCUT2D eigenvalue weighted by molar-refractivity contribution is -0.140. The van der Waals surface area contributed by atoms with Crippen LogP contribution in [0.2, 0.25) is 0 Å². The Kier molecular flexibility index (Phi) is 7.30. The molecule has 1 unspecified atom stereocenters. The average molecular weight is 499 g/mol. The number of carbonyl (C=O) groups is 2. The highest BCUT2D eigenvalue weighted by Gasteiger charge is 2.55. The summed E-state index contributed by atoms with van der Waals surface area (Å²) in [5.41, 5.74) is 1.10. The zero-order chi connectivity index (χ0) is 25.3. The Bertz CT molecular complexity index is 927. The van der Waals surface area contributed by atoms with Gasteiger partial charge in [-0.15, -0.1) is 0 Å². The van der Waals surface area contributed by atoms with Crippen LogP contribution in [-0.4, -0.2) is 108 Å². The number of ether oxygens (including phenoxy) is 1. The standard InChI is InChI=1S/C28H42N4O4/c1-29(2)28(23-9-4-3-5-10-23)13-11-27(12-14-28)21-31(26(35)32(27)17-22-7-6-8-22)19-25(34)30-15-16-36-24(18-30)20-33/h3-5,9-10,22,24,33H,6-8,11-21H2,1-2H3/t24?,27-,28+. The van der Waals surface area contributed by atoms with Crippen LogP contribution in [0.4, 0.5) is 4.79 Å². The fourth-order valence-electron chi connectivity index (χ4n) is 6.83. The molecule has 2 aliphatic carbocycles. The van der Waals surface area contributed by atoms with Gasteiger partial charge in [-0.25, -0.2) is 4.79 Å². The molecular formula is C28H42N4O4. The molecule has 3 amide bonds. The lowest BCUT2D eigenvalue weighted by Gasteiger charge is -2.51. The Hall–Kier alpha value is -2.16. The molecule has 1 aromatic carbocycles. The Morgan fingerprint density at radius 1 is 1.14 bits per heavy atom. The van der Waals surface area contributed by atoms with Gasteiger partial charge < -0.3 is 24.5 Å². The predicted molar refractivity (Wildman–Crippen MR) is 137 cm³/mol. The first-order chi connectivity index (χ1) is 17.4. The van der Waals surface area contributed by atoms with E-state index in [2.05, 4.69) is 54.2 Å². The molecule has 2 saturated carbocycles. The summed E-state index contributed by atoms with van der Waals surface area (Å²) >= 11 is 0. The number of rotatable bonds is 7. The smallest absolute Gasteiger partial charge is 0.321 e. The molecular weight excluding hydrogens is 456 g/mol. The molecule has 36 heavy (non-hydrogen) atoms. The lowest BCUT2D eigenvalue weighted by atomic mass is 9.68. The molecule has 0 radical (unpaired) electrons. The number of nitrogens with zero attached hydrogens (tertiary/aromatic N) is 4. The van der Waals surface area contributed by atoms with Crippen molar-refractivity contribution in [1.29, 1.82) is 0 Å². The second-order valence-corrected chi connectivity index (χ2v) is 11.6. The Morgan fingerprint density at radius 2 is 1.86 bits per heavy atom. The van der Waals surface area contributed by atoms with Crippen LogP contribution >= 0.6 is 0 Å². The van der Waals surface area contributed by atoms with Crippen LogP contribution in [0.15, 0.2) is 30.3 Å². The fourth-order valence-corrected chi connectivity index (χ4v) is 6.83. The highest BCUT2D eigenvalue weighted by atomic mass is 16.5. The van der Waals surface area contributed by atoms with E-state index in [1.807, 2.05) is 0 Å². The third-order valence-corrected chi connectivity index (χ3v) is 9.42. The van der Waals surface area contributed by atoms with E-state index in [-0.39, 0.29) is 42.3 Å². The number of aliphatic hydroxyl groups is 1. The molecule has 8 heteroatoms. The van der Waals surface area contributed by atoms with Gasteiger partial charge in [0.05, 0.1) is 24.9 Å². The minimum Gasteiger partial charge on any atom is -0.394 e. The largest absolute Gasteiger partial charge is 0.394 e. The van der Waals surface area contributed by atoms with Crippen molar-refractivity contribution in [2.45, 2.75) is 62.1 Å². The first-order valence-electron chi connectivity index (χ1n) is 13.7. The Labute approximate surface area is 215 Å². The molecule has 2 saturated heterocycles. The average Bonchev–Trinajstić information content (AvgIpc) is 3.12. The Morgan fingerprint density at radius 3 is 2.47 bits per heavy atom. The van der Waals surface area contributed by atoms with Crippen LogP contribution in [0, 0.1) is 5.92 Å². The summed E-state index contributed by atoms with van der Waals surface area (Å²) < 4.78 is 5.51. The van der Waals surface area contributed by atoms with E-state index in [4.69, 9.17) is 4.74 Å². The number of benzene rings is 1. The molecule has 5 rings (SSSR count). The second-order valence-electron chi connectivity index (χ2n) is 11.6. The SMILES string of the molecule is CN(C)[C@]1(c2ccccc2)CC[C@]2(CC1)CN(CC(=O)N1CCOC(CO)C1)C(=O)N2CC1CCC1. The monoisotopic (exact) mass is 498 g/mol. The van der Waals surface area contributed by atoms with E-state index >= 15 is 0 Å². The van der Waals surface area contributed by atoms with E-state index in [0.717, 1.165) is 32.2 Å². The number of aliphatic hydroxyl groups excluding tert-OH is 1. The van der Waals surface area contributed by atoms with E-state index < -0.39 is 0 Å². The van der Waals surface area contributed by atoms with Crippen LogP contribution in [-0.2, 0) is 15.1 Å². The molecule has 1 atom stereocenters. The maximum Gasteiger partial charge on any atom is 0.321 e. The molecule has 1 aromatic rings. The number of hydrogen-bond acceptors (Lipinski definition) is 5. The zero-order valence-corrected chi connectivity index (χ0v) is 21.9. The van der Waals surface area contributed by atoms with Gasteiger partial charge in [0.15, 0.2) is 0 Å². The van der Waals surface area contributed by atoms with Crippen LogP contribution in [0.25, 0.3) is 0 Å². The summed E-state index contributed by atoms with van der Waals surface area (Å²) in [7, 11) is 4.34. The first-order valence-corrected chi connectivity index (χ1v) is 13.7. The molecule has 4 fully saturated rings. The summed E-state index contributed by atoms with van der Waals surface area (Å²) in [6.07, 6.45) is 7.16. The molecule has 1 spiro atoms. The topological polar surface area (TPSA) is 76.6 Å². The van der Waals surface area contributed by atoms with Gasteiger partial charge in [0.1, 0.15) is 6.54 Å². The van der Waals surface area contributed by atoms with Crippen LogP contribution in [0.1, 0.15) is 50.5 Å². The van der Waals surface area contributed by atoms with Gasteiger partial charge in [-0.1, -0.05) is 36.8 Å². The molecule has 1 N–H and O–H groups in total. The van der Waals surface area contributed by atoms with Gasteiger partial charge in [0.2, 0.25) is 5.91 Å². The fraction of sp³-hybridized carbons (Fsp3) is 0.714. The molecule has 2 aliphatic heterocycles. The van der Waals surface area contributed by atoms with Gasteiger partial charge in [-0.3, -0.25) is 9.69 Å². The van der Waals surface area contributed by atoms with Crippen molar-refractivity contribution < 1.29 is 19.4 Å². The third-order valence-electron chi connectivity index (χ3n) is 9.42. The van der Waals surface area contributed by atoms with Crippen molar-refractivity contribution in [3.8, 4) is 0 Å². The van der Waals surface area contributed by atoms with Gasteiger partial charge in [0.25, 0.3) is 0 Å². The maximum absolute atomic E-state index is 13.8. The number of amides is 3. The van der Waals surface area contributed by atoms with E-state index in [1.165, 1.54) is 24.8 Å². The summed E-state index contributed by atoms with van der Waals surface area (Å²) in [5, 5.41) is 9.46. The summed E-state index contributed by atoms with van der Waals surface area (Å²) in [4.78, 5) is 35.0. The third kappa shape index (κ3) is 4.63. The molecule has 8 nitrogen and oxygen atoms in total. The zero-order valence-electron chi connectivity index (χ0n) is 21.9. The summed E-state index contributed by atoms with van der Waals surface area (Å²) in [6.45, 7) is 2.77. The van der Waals surface area contributed by atoms with Crippen LogP contribution < -0.4 is 0 Å². The molecule has 198 valence electrons. The van der Waals surface area contributed by atoms with Gasteiger partial charge in [-0.05, 0) is 64.1 Å². The van der Waals surface area contributed by atoms with E-state index in [9.17, 15) is 14.7 Å². The van der Waals surface area contributed by atoms with Crippen LogP contribution in [0.3, 0.4) is 0 Å². The quantitative estimate of drug-likeness (QED) is 0.625. The predicted octanol–water partition coefficient (Wildman–Crippen LogP) is 2.51. The summed E-state index contributed by atoms with van der Waals surface area (Å²) in [6, 6.07) is 10.8. The van der Waals surface area contributed by atoms with E-state index in [0.29, 0.717) is 32.2 Å². The lowest BCUT2D eigenvalue weighted by Crippen LogP contribution is -2.56. The Balaban J connectivity index is 1.33. The number of carbonyl (C=O) groups excluding carboxylic acids is 2. The summed E-state index contributed by atoms with van der Waals surface area (Å²) in [5.74, 6) is 0.536. The first kappa shape index (κ1) is 25.5. The van der Waals surface area contributed by atoms with Crippen LogP contribution in [0.5, 0.6) is 0 Å².